The van der Waals surface area contributed by atoms with Gasteiger partial charge in [0.1, 0.15) is 0 Å². The zero-order valence-corrected chi connectivity index (χ0v) is 20.8. The lowest BCUT2D eigenvalue weighted by Crippen LogP contribution is -2.48. The second-order valence-corrected chi connectivity index (χ2v) is 10.1. The Morgan fingerprint density at radius 2 is 1.76 bits per heavy atom. The van der Waals surface area contributed by atoms with Crippen LogP contribution in [0.25, 0.3) is 16.6 Å². The second-order valence-electron chi connectivity index (χ2n) is 9.17. The molecule has 0 spiro atoms. The molecular weight excluding hydrogens is 430 g/mol. The van der Waals surface area contributed by atoms with E-state index in [1.54, 1.807) is 4.57 Å². The summed E-state index contributed by atoms with van der Waals surface area (Å²) in [4.78, 5) is 33.4. The number of nitrogens with zero attached hydrogens (tertiary/aromatic N) is 3. The molecule has 1 fully saturated rings. The Labute approximate surface area is 200 Å². The van der Waals surface area contributed by atoms with Gasteiger partial charge in [0, 0.05) is 12.1 Å². The summed E-state index contributed by atoms with van der Waals surface area (Å²) >= 11 is 1.35. The summed E-state index contributed by atoms with van der Waals surface area (Å²) in [5, 5.41) is 1.14. The third kappa shape index (κ3) is 4.86. The molecular formula is C27H33N3O2S. The first kappa shape index (κ1) is 23.6. The average molecular weight is 464 g/mol. The maximum absolute atomic E-state index is 13.5. The van der Waals surface area contributed by atoms with Crippen LogP contribution in [0.5, 0.6) is 0 Å². The number of carbonyl (C=O) groups is 1. The van der Waals surface area contributed by atoms with Crippen LogP contribution in [0.15, 0.2) is 58.5 Å². The second kappa shape index (κ2) is 10.1. The quantitative estimate of drug-likeness (QED) is 0.343. The molecule has 2 aromatic carbocycles. The van der Waals surface area contributed by atoms with Crippen molar-refractivity contribution in [1.82, 2.24) is 14.5 Å². The molecule has 0 N–H and O–H groups in total. The van der Waals surface area contributed by atoms with E-state index in [4.69, 9.17) is 4.98 Å². The third-order valence-electron chi connectivity index (χ3n) is 6.88. The van der Waals surface area contributed by atoms with E-state index in [1.807, 2.05) is 41.3 Å². The molecule has 1 saturated heterocycles. The normalized spacial score (nSPS) is 19.6. The number of likely N-dealkylation sites (tertiary alicyclic amines) is 1. The van der Waals surface area contributed by atoms with Crippen LogP contribution in [-0.4, -0.2) is 38.2 Å². The van der Waals surface area contributed by atoms with Crippen molar-refractivity contribution in [3.05, 3.63) is 64.4 Å². The average Bonchev–Trinajstić information content (AvgIpc) is 2.82. The summed E-state index contributed by atoms with van der Waals surface area (Å²) < 4.78 is 1.66. The molecule has 3 atom stereocenters. The van der Waals surface area contributed by atoms with Gasteiger partial charge in [-0.1, -0.05) is 49.9 Å². The van der Waals surface area contributed by atoms with Crippen LogP contribution in [-0.2, 0) is 4.79 Å². The van der Waals surface area contributed by atoms with Gasteiger partial charge in [0.15, 0.2) is 5.16 Å². The predicted octanol–water partition coefficient (Wildman–Crippen LogP) is 5.78. The summed E-state index contributed by atoms with van der Waals surface area (Å²) in [6.07, 6.45) is 4.31. The van der Waals surface area contributed by atoms with Gasteiger partial charge in [-0.3, -0.25) is 14.2 Å². The van der Waals surface area contributed by atoms with E-state index in [-0.39, 0.29) is 29.3 Å². The topological polar surface area (TPSA) is 55.2 Å². The number of piperidine rings is 1. The van der Waals surface area contributed by atoms with Crippen LogP contribution in [0.2, 0.25) is 0 Å². The molecule has 0 bridgehead atoms. The van der Waals surface area contributed by atoms with E-state index in [0.717, 1.165) is 31.4 Å². The summed E-state index contributed by atoms with van der Waals surface area (Å²) in [6, 6.07) is 16.1. The van der Waals surface area contributed by atoms with Gasteiger partial charge in [-0.15, -0.1) is 0 Å². The molecule has 2 heterocycles. The minimum Gasteiger partial charge on any atom is -0.337 e. The number of para-hydroxylation sites is 1. The molecule has 1 aliphatic heterocycles. The number of amides is 1. The maximum Gasteiger partial charge on any atom is 0.266 e. The molecule has 0 aliphatic carbocycles. The van der Waals surface area contributed by atoms with Gasteiger partial charge < -0.3 is 4.90 Å². The van der Waals surface area contributed by atoms with Crippen LogP contribution in [0.3, 0.4) is 0 Å². The fourth-order valence-corrected chi connectivity index (χ4v) is 5.62. The molecule has 1 aromatic heterocycles. The molecule has 5 nitrogen and oxygen atoms in total. The minimum absolute atomic E-state index is 0.105. The fourth-order valence-electron chi connectivity index (χ4n) is 4.74. The number of benzene rings is 2. The van der Waals surface area contributed by atoms with E-state index < -0.39 is 0 Å². The highest BCUT2D eigenvalue weighted by atomic mass is 32.2. The summed E-state index contributed by atoms with van der Waals surface area (Å²) in [5.74, 6) is 0.844. The minimum atomic E-state index is -0.105. The van der Waals surface area contributed by atoms with Crippen molar-refractivity contribution < 1.29 is 4.79 Å². The number of aromatic nitrogens is 2. The van der Waals surface area contributed by atoms with Gasteiger partial charge in [0.05, 0.1) is 22.3 Å². The first-order valence-electron chi connectivity index (χ1n) is 12.0. The summed E-state index contributed by atoms with van der Waals surface area (Å²) in [7, 11) is 0. The summed E-state index contributed by atoms with van der Waals surface area (Å²) in [6.45, 7) is 8.63. The van der Waals surface area contributed by atoms with E-state index in [1.165, 1.54) is 17.3 Å². The lowest BCUT2D eigenvalue weighted by atomic mass is 9.98. The monoisotopic (exact) mass is 463 g/mol. The van der Waals surface area contributed by atoms with Gasteiger partial charge >= 0.3 is 0 Å². The zero-order chi connectivity index (χ0) is 23.5. The number of carbonyl (C=O) groups excluding carboxylic acids is 1. The Bertz CT molecular complexity index is 1180. The van der Waals surface area contributed by atoms with Gasteiger partial charge in [-0.25, -0.2) is 4.98 Å². The highest BCUT2D eigenvalue weighted by molar-refractivity contribution is 7.99. The molecule has 6 heteroatoms. The molecule has 1 amide bonds. The van der Waals surface area contributed by atoms with Crippen molar-refractivity contribution in [2.45, 2.75) is 76.5 Å². The Morgan fingerprint density at radius 3 is 2.42 bits per heavy atom. The predicted molar refractivity (Wildman–Crippen MR) is 136 cm³/mol. The third-order valence-corrected chi connectivity index (χ3v) is 7.81. The van der Waals surface area contributed by atoms with E-state index in [2.05, 4.69) is 39.8 Å². The largest absolute Gasteiger partial charge is 0.337 e. The number of thioether (sulfide) groups is 1. The van der Waals surface area contributed by atoms with E-state index in [0.29, 0.717) is 22.0 Å². The zero-order valence-electron chi connectivity index (χ0n) is 20.0. The molecule has 0 saturated carbocycles. The molecule has 33 heavy (non-hydrogen) atoms. The van der Waals surface area contributed by atoms with Crippen LogP contribution in [0.4, 0.5) is 0 Å². The van der Waals surface area contributed by atoms with Crippen molar-refractivity contribution in [2.75, 3.05) is 5.75 Å². The molecule has 1 aliphatic rings. The number of hydrogen-bond acceptors (Lipinski definition) is 4. The van der Waals surface area contributed by atoms with Crippen molar-refractivity contribution in [3.63, 3.8) is 0 Å². The number of fused-ring (bicyclic) bond motifs is 1. The molecule has 3 unspecified atom stereocenters. The van der Waals surface area contributed by atoms with Crippen molar-refractivity contribution in [3.8, 4) is 5.69 Å². The summed E-state index contributed by atoms with van der Waals surface area (Å²) in [5.41, 5.74) is 2.58. The standard InChI is InChI=1S/C27H33N3O2S/c1-5-18(2)21-13-15-22(16-14-21)30-26(32)23-11-6-7-12-24(23)28-27(30)33-17-25(31)29-19(3)9-8-10-20(29)4/h6-7,11-16,18-20H,5,8-10,17H2,1-4H3. The molecule has 0 radical (unpaired) electrons. The maximum atomic E-state index is 13.5. The van der Waals surface area contributed by atoms with Gasteiger partial charge in [-0.05, 0) is 75.3 Å². The molecule has 174 valence electrons. The lowest BCUT2D eigenvalue weighted by Gasteiger charge is -2.39. The van der Waals surface area contributed by atoms with Crippen molar-refractivity contribution in [1.29, 1.82) is 0 Å². The Morgan fingerprint density at radius 1 is 1.09 bits per heavy atom. The van der Waals surface area contributed by atoms with E-state index >= 15 is 0 Å². The van der Waals surface area contributed by atoms with Crippen LogP contribution >= 0.6 is 11.8 Å². The number of hydrogen-bond donors (Lipinski definition) is 0. The van der Waals surface area contributed by atoms with E-state index in [9.17, 15) is 9.59 Å². The van der Waals surface area contributed by atoms with Gasteiger partial charge in [-0.2, -0.15) is 0 Å². The molecule has 4 rings (SSSR count). The Balaban J connectivity index is 1.70. The first-order chi connectivity index (χ1) is 15.9. The Hall–Kier alpha value is -2.60. The highest BCUT2D eigenvalue weighted by Crippen LogP contribution is 2.27. The highest BCUT2D eigenvalue weighted by Gasteiger charge is 2.29. The smallest absolute Gasteiger partial charge is 0.266 e. The van der Waals surface area contributed by atoms with Crippen molar-refractivity contribution >= 4 is 28.6 Å². The number of rotatable bonds is 6. The Kier molecular flexibility index (Phi) is 7.23. The van der Waals surface area contributed by atoms with Crippen LogP contribution < -0.4 is 5.56 Å². The van der Waals surface area contributed by atoms with Crippen LogP contribution in [0, 0.1) is 0 Å². The molecule has 3 aromatic rings. The fraction of sp³-hybridized carbons (Fsp3) is 0.444. The lowest BCUT2D eigenvalue weighted by molar-refractivity contribution is -0.134. The van der Waals surface area contributed by atoms with Gasteiger partial charge in [0.2, 0.25) is 5.91 Å². The SMILES string of the molecule is CCC(C)c1ccc(-n2c(SCC(=O)N3C(C)CCCC3C)nc3ccccc3c2=O)cc1. The van der Waals surface area contributed by atoms with Crippen LogP contribution in [0.1, 0.15) is 64.9 Å². The van der Waals surface area contributed by atoms with Gasteiger partial charge in [0.25, 0.3) is 5.56 Å². The first-order valence-corrected chi connectivity index (χ1v) is 12.9. The van der Waals surface area contributed by atoms with Crippen molar-refractivity contribution in [2.24, 2.45) is 0 Å².